The van der Waals surface area contributed by atoms with Crippen molar-refractivity contribution in [3.63, 3.8) is 0 Å². The van der Waals surface area contributed by atoms with Gasteiger partial charge in [-0.15, -0.1) is 36.2 Å². The Morgan fingerprint density at radius 3 is 2.87 bits per heavy atom. The minimum atomic E-state index is -0.115. The Balaban J connectivity index is 0.00000132. The third-order valence-electron chi connectivity index (χ3n) is 3.43. The van der Waals surface area contributed by atoms with Crippen LogP contribution in [0.5, 0.6) is 0 Å². The average molecular weight is 379 g/mol. The molecule has 1 aliphatic heterocycles. The van der Waals surface area contributed by atoms with Crippen molar-refractivity contribution in [1.29, 1.82) is 0 Å². The van der Waals surface area contributed by atoms with E-state index in [0.29, 0.717) is 12.2 Å². The highest BCUT2D eigenvalue weighted by molar-refractivity contribution is 7.13. The summed E-state index contributed by atoms with van der Waals surface area (Å²) in [6.07, 6.45) is 3.23. The summed E-state index contributed by atoms with van der Waals surface area (Å²) in [5.74, 6) is -0.115. The molecule has 1 aliphatic rings. The van der Waals surface area contributed by atoms with E-state index in [4.69, 9.17) is 4.42 Å². The third kappa shape index (κ3) is 5.47. The van der Waals surface area contributed by atoms with Crippen LogP contribution in [0.15, 0.2) is 28.4 Å². The van der Waals surface area contributed by atoms with Crippen molar-refractivity contribution in [3.8, 4) is 10.6 Å². The molecule has 9 heteroatoms. The number of thiazole rings is 1. The number of piperazine rings is 1. The summed E-state index contributed by atoms with van der Waals surface area (Å²) < 4.78 is 5.03. The molecular formula is C14H20Cl2N4O2S. The van der Waals surface area contributed by atoms with Gasteiger partial charge in [0, 0.05) is 50.2 Å². The molecule has 3 rings (SSSR count). The second kappa shape index (κ2) is 9.89. The predicted molar refractivity (Wildman–Crippen MR) is 96.0 cm³/mol. The fraction of sp³-hybridized carbons (Fsp3) is 0.429. The van der Waals surface area contributed by atoms with E-state index in [1.165, 1.54) is 11.3 Å². The van der Waals surface area contributed by atoms with Crippen LogP contribution in [0.4, 0.5) is 0 Å². The average Bonchev–Trinajstić information content (AvgIpc) is 3.19. The number of carbonyl (C=O) groups is 1. The van der Waals surface area contributed by atoms with Gasteiger partial charge in [0.1, 0.15) is 17.0 Å². The number of nitrogens with one attached hydrogen (secondary N) is 2. The topological polar surface area (TPSA) is 70.4 Å². The van der Waals surface area contributed by atoms with Gasteiger partial charge >= 0.3 is 0 Å². The van der Waals surface area contributed by atoms with Crippen LogP contribution in [0.25, 0.3) is 10.6 Å². The molecule has 0 radical (unpaired) electrons. The molecular weight excluding hydrogens is 359 g/mol. The molecule has 3 heterocycles. The zero-order valence-electron chi connectivity index (χ0n) is 12.5. The molecule has 0 spiro atoms. The van der Waals surface area contributed by atoms with Crippen molar-refractivity contribution < 1.29 is 9.21 Å². The van der Waals surface area contributed by atoms with E-state index in [1.807, 2.05) is 6.07 Å². The Morgan fingerprint density at radius 1 is 1.39 bits per heavy atom. The van der Waals surface area contributed by atoms with Gasteiger partial charge < -0.3 is 15.1 Å². The van der Waals surface area contributed by atoms with Gasteiger partial charge in [0.25, 0.3) is 5.91 Å². The summed E-state index contributed by atoms with van der Waals surface area (Å²) in [6, 6.07) is 1.84. The molecule has 2 aromatic heterocycles. The van der Waals surface area contributed by atoms with Crippen molar-refractivity contribution in [2.24, 2.45) is 0 Å². The maximum absolute atomic E-state index is 12.0. The van der Waals surface area contributed by atoms with Crippen LogP contribution in [-0.2, 0) is 0 Å². The van der Waals surface area contributed by atoms with E-state index in [9.17, 15) is 4.79 Å². The van der Waals surface area contributed by atoms with E-state index in [-0.39, 0.29) is 30.7 Å². The van der Waals surface area contributed by atoms with Crippen LogP contribution in [0.2, 0.25) is 0 Å². The molecule has 23 heavy (non-hydrogen) atoms. The van der Waals surface area contributed by atoms with Crippen molar-refractivity contribution in [1.82, 2.24) is 20.5 Å². The molecule has 0 atom stereocenters. The first-order valence-electron chi connectivity index (χ1n) is 7.02. The minimum absolute atomic E-state index is 0. The lowest BCUT2D eigenvalue weighted by atomic mass is 10.3. The van der Waals surface area contributed by atoms with Crippen LogP contribution in [-0.4, -0.2) is 55.1 Å². The monoisotopic (exact) mass is 378 g/mol. The molecule has 6 nitrogen and oxygen atoms in total. The summed E-state index contributed by atoms with van der Waals surface area (Å²) in [5.41, 5.74) is 1.37. The number of hydrogen-bond acceptors (Lipinski definition) is 6. The molecule has 1 saturated heterocycles. The SMILES string of the molecule is Cl.Cl.O=C(NCCN1CCNCC1)c1csc(-c2ccoc2)n1. The molecule has 1 fully saturated rings. The van der Waals surface area contributed by atoms with E-state index in [0.717, 1.165) is 43.3 Å². The zero-order valence-corrected chi connectivity index (χ0v) is 14.9. The molecule has 128 valence electrons. The van der Waals surface area contributed by atoms with E-state index in [1.54, 1.807) is 17.9 Å². The lowest BCUT2D eigenvalue weighted by Gasteiger charge is -2.26. The number of rotatable bonds is 5. The van der Waals surface area contributed by atoms with Crippen molar-refractivity contribution in [2.45, 2.75) is 0 Å². The van der Waals surface area contributed by atoms with E-state index in [2.05, 4.69) is 20.5 Å². The number of amides is 1. The number of carbonyl (C=O) groups excluding carboxylic acids is 1. The molecule has 0 unspecified atom stereocenters. The van der Waals surface area contributed by atoms with Crippen LogP contribution in [0, 0.1) is 0 Å². The van der Waals surface area contributed by atoms with Crippen LogP contribution in [0.1, 0.15) is 10.5 Å². The van der Waals surface area contributed by atoms with Crippen molar-refractivity contribution in [3.05, 3.63) is 29.7 Å². The quantitative estimate of drug-likeness (QED) is 0.830. The Morgan fingerprint density at radius 2 is 2.17 bits per heavy atom. The number of hydrogen-bond donors (Lipinski definition) is 2. The third-order valence-corrected chi connectivity index (χ3v) is 4.32. The largest absolute Gasteiger partial charge is 0.472 e. The summed E-state index contributed by atoms with van der Waals surface area (Å²) in [5, 5.41) is 8.82. The minimum Gasteiger partial charge on any atom is -0.472 e. The maximum atomic E-state index is 12.0. The smallest absolute Gasteiger partial charge is 0.270 e. The zero-order chi connectivity index (χ0) is 14.5. The number of aromatic nitrogens is 1. The van der Waals surface area contributed by atoms with Crippen LogP contribution in [0.3, 0.4) is 0 Å². The summed E-state index contributed by atoms with van der Waals surface area (Å²) in [4.78, 5) is 18.7. The molecule has 0 saturated carbocycles. The van der Waals surface area contributed by atoms with Crippen molar-refractivity contribution >= 4 is 42.1 Å². The Labute approximate surface area is 151 Å². The van der Waals surface area contributed by atoms with Gasteiger partial charge in [-0.2, -0.15) is 0 Å². The molecule has 0 aliphatic carbocycles. The van der Waals surface area contributed by atoms with Gasteiger partial charge in [0.2, 0.25) is 0 Å². The van der Waals surface area contributed by atoms with Crippen LogP contribution >= 0.6 is 36.2 Å². The predicted octanol–water partition coefficient (Wildman–Crippen LogP) is 1.88. The van der Waals surface area contributed by atoms with Crippen molar-refractivity contribution in [2.75, 3.05) is 39.3 Å². The first kappa shape index (κ1) is 19.9. The normalized spacial score (nSPS) is 14.6. The highest BCUT2D eigenvalue weighted by atomic mass is 35.5. The Kier molecular flexibility index (Phi) is 8.57. The number of furan rings is 1. The van der Waals surface area contributed by atoms with Gasteiger partial charge in [-0.25, -0.2) is 4.98 Å². The first-order valence-corrected chi connectivity index (χ1v) is 7.90. The second-order valence-electron chi connectivity index (χ2n) is 4.90. The van der Waals surface area contributed by atoms with E-state index < -0.39 is 0 Å². The summed E-state index contributed by atoms with van der Waals surface area (Å²) in [6.45, 7) is 5.65. The van der Waals surface area contributed by atoms with Gasteiger partial charge in [-0.05, 0) is 6.07 Å². The standard InChI is InChI=1S/C14H18N4O2S.2ClH/c19-13(16-4-7-18-5-2-15-3-6-18)12-10-21-14(17-12)11-1-8-20-9-11;;/h1,8-10,15H,2-7H2,(H,16,19);2*1H. The molecule has 1 amide bonds. The van der Waals surface area contributed by atoms with Crippen LogP contribution < -0.4 is 10.6 Å². The van der Waals surface area contributed by atoms with Gasteiger partial charge in [0.05, 0.1) is 6.26 Å². The van der Waals surface area contributed by atoms with Gasteiger partial charge in [0.15, 0.2) is 0 Å². The lowest BCUT2D eigenvalue weighted by Crippen LogP contribution is -2.46. The molecule has 2 aromatic rings. The fourth-order valence-electron chi connectivity index (χ4n) is 2.25. The lowest BCUT2D eigenvalue weighted by molar-refractivity contribution is 0.0943. The van der Waals surface area contributed by atoms with Gasteiger partial charge in [-0.3, -0.25) is 9.69 Å². The Hall–Kier alpha value is -1.12. The molecule has 0 aromatic carbocycles. The Bertz CT molecular complexity index is 585. The van der Waals surface area contributed by atoms with E-state index >= 15 is 0 Å². The molecule has 2 N–H and O–H groups in total. The second-order valence-corrected chi connectivity index (χ2v) is 5.76. The summed E-state index contributed by atoms with van der Waals surface area (Å²) >= 11 is 1.45. The highest BCUT2D eigenvalue weighted by Gasteiger charge is 2.13. The molecule has 0 bridgehead atoms. The summed E-state index contributed by atoms with van der Waals surface area (Å²) in [7, 11) is 0. The number of halogens is 2. The number of nitrogens with zero attached hydrogens (tertiary/aromatic N) is 2. The first-order chi connectivity index (χ1) is 10.3. The highest BCUT2D eigenvalue weighted by Crippen LogP contribution is 2.23. The fourth-order valence-corrected chi connectivity index (χ4v) is 3.04. The maximum Gasteiger partial charge on any atom is 0.270 e. The van der Waals surface area contributed by atoms with Gasteiger partial charge in [-0.1, -0.05) is 0 Å².